The molecule has 1 heterocycles. The van der Waals surface area contributed by atoms with Gasteiger partial charge < -0.3 is 14.4 Å². The summed E-state index contributed by atoms with van der Waals surface area (Å²) in [6, 6.07) is 11.0. The molecule has 0 saturated heterocycles. The summed E-state index contributed by atoms with van der Waals surface area (Å²) in [6.07, 6.45) is 1.46. The van der Waals surface area contributed by atoms with Gasteiger partial charge in [0, 0.05) is 17.6 Å². The lowest BCUT2D eigenvalue weighted by Crippen LogP contribution is -2.32. The highest BCUT2D eigenvalue weighted by Crippen LogP contribution is 2.15. The van der Waals surface area contributed by atoms with Crippen LogP contribution in [0.2, 0.25) is 0 Å². The first kappa shape index (κ1) is 13.8. The van der Waals surface area contributed by atoms with Gasteiger partial charge in [0.1, 0.15) is 0 Å². The Balaban J connectivity index is 2.14. The monoisotopic (exact) mass is 323 g/mol. The normalized spacial score (nSPS) is 10.4. The van der Waals surface area contributed by atoms with Crippen molar-refractivity contribution in [3.05, 3.63) is 58.5 Å². The van der Waals surface area contributed by atoms with Crippen LogP contribution in [0, 0.1) is 0 Å². The predicted molar refractivity (Wildman–Crippen MR) is 74.7 cm³/mol. The summed E-state index contributed by atoms with van der Waals surface area (Å²) in [5.41, 5.74) is 0.989. The fourth-order valence-electron chi connectivity index (χ4n) is 1.78. The number of nitrogens with zero attached hydrogens (tertiary/aromatic N) is 1. The third kappa shape index (κ3) is 3.68. The molecular formula is C14H14BrNO3. The van der Waals surface area contributed by atoms with E-state index in [4.69, 9.17) is 9.52 Å². The van der Waals surface area contributed by atoms with Gasteiger partial charge in [-0.3, -0.25) is 4.79 Å². The van der Waals surface area contributed by atoms with E-state index in [0.717, 1.165) is 10.0 Å². The van der Waals surface area contributed by atoms with Crippen LogP contribution in [0.25, 0.3) is 0 Å². The second-order valence-corrected chi connectivity index (χ2v) is 4.97. The lowest BCUT2D eigenvalue weighted by atomic mass is 10.2. The molecule has 0 aliphatic heterocycles. The Labute approximate surface area is 119 Å². The maximum absolute atomic E-state index is 12.2. The van der Waals surface area contributed by atoms with Crippen LogP contribution in [0.3, 0.4) is 0 Å². The molecular weight excluding hydrogens is 310 g/mol. The Morgan fingerprint density at radius 2 is 2.16 bits per heavy atom. The van der Waals surface area contributed by atoms with Gasteiger partial charge in [-0.05, 0) is 29.8 Å². The first-order chi connectivity index (χ1) is 9.20. The molecule has 1 aromatic heterocycles. The van der Waals surface area contributed by atoms with Crippen LogP contribution in [0.5, 0.6) is 0 Å². The van der Waals surface area contributed by atoms with Crippen molar-refractivity contribution < 1.29 is 14.3 Å². The van der Waals surface area contributed by atoms with Gasteiger partial charge in [0.15, 0.2) is 5.76 Å². The van der Waals surface area contributed by atoms with E-state index in [1.165, 1.54) is 6.26 Å². The van der Waals surface area contributed by atoms with Crippen LogP contribution in [0.1, 0.15) is 16.1 Å². The lowest BCUT2D eigenvalue weighted by molar-refractivity contribution is 0.0676. The van der Waals surface area contributed by atoms with Crippen LogP contribution in [-0.2, 0) is 6.54 Å². The van der Waals surface area contributed by atoms with E-state index in [-0.39, 0.29) is 24.8 Å². The molecule has 4 nitrogen and oxygen atoms in total. The van der Waals surface area contributed by atoms with E-state index in [2.05, 4.69) is 15.9 Å². The third-order valence-electron chi connectivity index (χ3n) is 2.65. The molecule has 0 bridgehead atoms. The van der Waals surface area contributed by atoms with E-state index >= 15 is 0 Å². The SMILES string of the molecule is O=C(c1ccco1)N(CCO)Cc1cccc(Br)c1. The van der Waals surface area contributed by atoms with Crippen LogP contribution in [-0.4, -0.2) is 29.1 Å². The van der Waals surface area contributed by atoms with Crippen molar-refractivity contribution in [3.63, 3.8) is 0 Å². The fraction of sp³-hybridized carbons (Fsp3) is 0.214. The van der Waals surface area contributed by atoms with Gasteiger partial charge in [0.25, 0.3) is 5.91 Å². The summed E-state index contributed by atoms with van der Waals surface area (Å²) in [4.78, 5) is 13.8. The van der Waals surface area contributed by atoms with Gasteiger partial charge >= 0.3 is 0 Å². The quantitative estimate of drug-likeness (QED) is 0.920. The van der Waals surface area contributed by atoms with Gasteiger partial charge in [0.2, 0.25) is 0 Å². The van der Waals surface area contributed by atoms with E-state index in [1.54, 1.807) is 17.0 Å². The largest absolute Gasteiger partial charge is 0.459 e. The fourth-order valence-corrected chi connectivity index (χ4v) is 2.23. The Morgan fingerprint density at radius 1 is 1.32 bits per heavy atom. The van der Waals surface area contributed by atoms with Crippen LogP contribution in [0.15, 0.2) is 51.6 Å². The highest BCUT2D eigenvalue weighted by Gasteiger charge is 2.18. The van der Waals surface area contributed by atoms with Crippen LogP contribution >= 0.6 is 15.9 Å². The second-order valence-electron chi connectivity index (χ2n) is 4.06. The highest BCUT2D eigenvalue weighted by molar-refractivity contribution is 9.10. The molecule has 100 valence electrons. The predicted octanol–water partition coefficient (Wildman–Crippen LogP) is 2.68. The summed E-state index contributed by atoms with van der Waals surface area (Å²) < 4.78 is 6.06. The molecule has 1 amide bonds. The molecule has 0 spiro atoms. The summed E-state index contributed by atoms with van der Waals surface area (Å²) in [5, 5.41) is 9.08. The Bertz CT molecular complexity index is 539. The average molecular weight is 324 g/mol. The van der Waals surface area contributed by atoms with Crippen molar-refractivity contribution in [2.75, 3.05) is 13.2 Å². The first-order valence-electron chi connectivity index (χ1n) is 5.89. The third-order valence-corrected chi connectivity index (χ3v) is 3.14. The number of rotatable bonds is 5. The van der Waals surface area contributed by atoms with E-state index in [1.807, 2.05) is 24.3 Å². The summed E-state index contributed by atoms with van der Waals surface area (Å²) in [6.45, 7) is 0.617. The van der Waals surface area contributed by atoms with Crippen molar-refractivity contribution in [3.8, 4) is 0 Å². The van der Waals surface area contributed by atoms with Gasteiger partial charge in [0.05, 0.1) is 12.9 Å². The number of halogens is 1. The van der Waals surface area contributed by atoms with E-state index in [0.29, 0.717) is 6.54 Å². The zero-order valence-electron chi connectivity index (χ0n) is 10.3. The molecule has 0 aliphatic carbocycles. The molecule has 0 atom stereocenters. The summed E-state index contributed by atoms with van der Waals surface area (Å²) in [5.74, 6) is 0.0578. The van der Waals surface area contributed by atoms with Crippen LogP contribution in [0.4, 0.5) is 0 Å². The Hall–Kier alpha value is -1.59. The smallest absolute Gasteiger partial charge is 0.289 e. The van der Waals surface area contributed by atoms with Gasteiger partial charge in [-0.1, -0.05) is 28.1 Å². The topological polar surface area (TPSA) is 53.7 Å². The summed E-state index contributed by atoms with van der Waals surface area (Å²) >= 11 is 3.40. The molecule has 5 heteroatoms. The first-order valence-corrected chi connectivity index (χ1v) is 6.68. The average Bonchev–Trinajstić information content (AvgIpc) is 2.91. The molecule has 19 heavy (non-hydrogen) atoms. The number of hydrogen-bond acceptors (Lipinski definition) is 3. The number of benzene rings is 1. The minimum atomic E-state index is -0.223. The highest BCUT2D eigenvalue weighted by atomic mass is 79.9. The number of hydrogen-bond donors (Lipinski definition) is 1. The van der Waals surface area contributed by atoms with E-state index in [9.17, 15) is 4.79 Å². The number of aliphatic hydroxyl groups is 1. The molecule has 0 unspecified atom stereocenters. The maximum Gasteiger partial charge on any atom is 0.289 e. The number of carbonyl (C=O) groups excluding carboxylic acids is 1. The number of furan rings is 1. The van der Waals surface area contributed by atoms with Gasteiger partial charge in [-0.15, -0.1) is 0 Å². The second kappa shape index (κ2) is 6.54. The van der Waals surface area contributed by atoms with Crippen LogP contribution < -0.4 is 0 Å². The maximum atomic E-state index is 12.2. The Kier molecular flexibility index (Phi) is 4.76. The van der Waals surface area contributed by atoms with Crippen molar-refractivity contribution in [1.82, 2.24) is 4.90 Å². The number of aliphatic hydroxyl groups excluding tert-OH is 1. The molecule has 1 aromatic carbocycles. The molecule has 0 aliphatic rings. The zero-order valence-corrected chi connectivity index (χ0v) is 11.8. The number of carbonyl (C=O) groups is 1. The summed E-state index contributed by atoms with van der Waals surface area (Å²) in [7, 11) is 0. The minimum absolute atomic E-state index is 0.0829. The van der Waals surface area contributed by atoms with E-state index < -0.39 is 0 Å². The minimum Gasteiger partial charge on any atom is -0.459 e. The van der Waals surface area contributed by atoms with Crippen molar-refractivity contribution in [2.24, 2.45) is 0 Å². The zero-order chi connectivity index (χ0) is 13.7. The molecule has 0 fully saturated rings. The van der Waals surface area contributed by atoms with Crippen molar-refractivity contribution in [2.45, 2.75) is 6.54 Å². The number of amides is 1. The van der Waals surface area contributed by atoms with Crippen molar-refractivity contribution in [1.29, 1.82) is 0 Å². The van der Waals surface area contributed by atoms with Gasteiger partial charge in [-0.25, -0.2) is 0 Å². The lowest BCUT2D eigenvalue weighted by Gasteiger charge is -2.20. The molecule has 1 N–H and O–H groups in total. The molecule has 0 saturated carbocycles. The standard InChI is InChI=1S/C14H14BrNO3/c15-12-4-1-3-11(9-12)10-16(6-7-17)14(18)13-5-2-8-19-13/h1-5,8-9,17H,6-7,10H2. The molecule has 2 rings (SSSR count). The van der Waals surface area contributed by atoms with Gasteiger partial charge in [-0.2, -0.15) is 0 Å². The molecule has 2 aromatic rings. The van der Waals surface area contributed by atoms with Crippen molar-refractivity contribution >= 4 is 21.8 Å². The Morgan fingerprint density at radius 3 is 2.79 bits per heavy atom. The molecule has 0 radical (unpaired) electrons.